The van der Waals surface area contributed by atoms with Gasteiger partial charge in [0.25, 0.3) is 0 Å². The first kappa shape index (κ1) is 11.3. The van der Waals surface area contributed by atoms with Crippen LogP contribution in [0.1, 0.15) is 39.0 Å². The predicted octanol–water partition coefficient (Wildman–Crippen LogP) is 2.81. The highest BCUT2D eigenvalue weighted by molar-refractivity contribution is 5.74. The monoisotopic (exact) mass is 223 g/mol. The van der Waals surface area contributed by atoms with Crippen molar-refractivity contribution in [3.63, 3.8) is 0 Å². The zero-order valence-electron chi connectivity index (χ0n) is 9.50. The molecule has 0 aromatic rings. The van der Waals surface area contributed by atoms with E-state index in [4.69, 9.17) is 10.3 Å². The topological polar surface area (TPSA) is 75.1 Å². The number of hydrogen-bond acceptors (Lipinski definition) is 3. The Morgan fingerprint density at radius 1 is 1.62 bits per heavy atom. The summed E-state index contributed by atoms with van der Waals surface area (Å²) in [6, 6.07) is -0.163. The molecule has 0 spiro atoms. The van der Waals surface area contributed by atoms with Gasteiger partial charge >= 0.3 is 5.97 Å². The van der Waals surface area contributed by atoms with Crippen LogP contribution >= 0.6 is 0 Å². The molecule has 0 aromatic carbocycles. The van der Waals surface area contributed by atoms with E-state index in [9.17, 15) is 4.79 Å². The third-order valence-corrected chi connectivity index (χ3v) is 3.68. The van der Waals surface area contributed by atoms with Crippen LogP contribution in [0.4, 0.5) is 0 Å². The quantitative estimate of drug-likeness (QED) is 0.318. The molecular weight excluding hydrogens is 206 g/mol. The smallest absolute Gasteiger partial charge is 0.309 e. The standard InChI is InChI=1S/C11H17N3O2/c1-7-5-10(16-11(7)15)9(13-14-12)6-8-3-2-4-8/h7-10H,2-6H2,1H3/t7-,9?,10?/m1/s1. The molecule has 3 atom stereocenters. The Bertz CT molecular complexity index is 321. The normalized spacial score (nSPS) is 31.4. The van der Waals surface area contributed by atoms with Crippen molar-refractivity contribution in [2.24, 2.45) is 17.0 Å². The van der Waals surface area contributed by atoms with Crippen molar-refractivity contribution in [3.8, 4) is 0 Å². The van der Waals surface area contributed by atoms with E-state index in [1.807, 2.05) is 6.92 Å². The van der Waals surface area contributed by atoms with Crippen molar-refractivity contribution in [2.75, 3.05) is 0 Å². The molecule has 1 saturated heterocycles. The van der Waals surface area contributed by atoms with Crippen LogP contribution in [0.15, 0.2) is 5.11 Å². The summed E-state index contributed by atoms with van der Waals surface area (Å²) in [7, 11) is 0. The first-order valence-electron chi connectivity index (χ1n) is 5.95. The molecule has 1 aliphatic heterocycles. The molecule has 0 radical (unpaired) electrons. The van der Waals surface area contributed by atoms with E-state index in [1.165, 1.54) is 19.3 Å². The third kappa shape index (κ3) is 2.30. The van der Waals surface area contributed by atoms with Crippen molar-refractivity contribution in [1.82, 2.24) is 0 Å². The van der Waals surface area contributed by atoms with Crippen LogP contribution in [-0.4, -0.2) is 18.1 Å². The maximum atomic E-state index is 11.3. The van der Waals surface area contributed by atoms with Gasteiger partial charge in [-0.1, -0.05) is 31.3 Å². The lowest BCUT2D eigenvalue weighted by Crippen LogP contribution is -2.28. The van der Waals surface area contributed by atoms with Crippen molar-refractivity contribution in [1.29, 1.82) is 0 Å². The van der Waals surface area contributed by atoms with Gasteiger partial charge in [0.1, 0.15) is 6.10 Å². The Morgan fingerprint density at radius 2 is 2.38 bits per heavy atom. The molecule has 2 fully saturated rings. The zero-order valence-corrected chi connectivity index (χ0v) is 9.50. The Labute approximate surface area is 94.8 Å². The molecule has 1 aliphatic carbocycles. The summed E-state index contributed by atoms with van der Waals surface area (Å²) in [5.41, 5.74) is 8.55. The minimum atomic E-state index is -0.195. The molecule has 2 rings (SSSR count). The molecule has 1 saturated carbocycles. The van der Waals surface area contributed by atoms with E-state index in [0.29, 0.717) is 12.3 Å². The Kier molecular flexibility index (Phi) is 3.34. The lowest BCUT2D eigenvalue weighted by Gasteiger charge is -2.29. The minimum Gasteiger partial charge on any atom is -0.462 e. The van der Waals surface area contributed by atoms with Gasteiger partial charge in [-0.3, -0.25) is 4.79 Å². The van der Waals surface area contributed by atoms with Crippen LogP contribution in [0.5, 0.6) is 0 Å². The molecule has 2 aliphatic rings. The van der Waals surface area contributed by atoms with Gasteiger partial charge in [0.15, 0.2) is 0 Å². The molecule has 1 heterocycles. The number of ether oxygens (including phenoxy) is 1. The summed E-state index contributed by atoms with van der Waals surface area (Å²) < 4.78 is 5.25. The van der Waals surface area contributed by atoms with Gasteiger partial charge in [-0.15, -0.1) is 0 Å². The lowest BCUT2D eigenvalue weighted by molar-refractivity contribution is -0.144. The highest BCUT2D eigenvalue weighted by atomic mass is 16.6. The van der Waals surface area contributed by atoms with E-state index in [-0.39, 0.29) is 24.0 Å². The molecule has 0 bridgehead atoms. The van der Waals surface area contributed by atoms with Crippen molar-refractivity contribution in [3.05, 3.63) is 10.4 Å². The van der Waals surface area contributed by atoms with Gasteiger partial charge in [0.2, 0.25) is 0 Å². The van der Waals surface area contributed by atoms with Gasteiger partial charge in [-0.05, 0) is 24.3 Å². The molecular formula is C11H17N3O2. The van der Waals surface area contributed by atoms with Crippen LogP contribution < -0.4 is 0 Å². The molecule has 16 heavy (non-hydrogen) atoms. The number of carbonyl (C=O) groups is 1. The molecule has 0 amide bonds. The highest BCUT2D eigenvalue weighted by Crippen LogP contribution is 2.35. The number of azide groups is 1. The van der Waals surface area contributed by atoms with Crippen LogP contribution in [0.3, 0.4) is 0 Å². The van der Waals surface area contributed by atoms with Gasteiger partial charge in [-0.25, -0.2) is 0 Å². The van der Waals surface area contributed by atoms with Crippen molar-refractivity contribution >= 4 is 5.97 Å². The summed E-state index contributed by atoms with van der Waals surface area (Å²) >= 11 is 0. The maximum absolute atomic E-state index is 11.3. The molecule has 0 aromatic heterocycles. The number of carbonyl (C=O) groups excluding carboxylic acids is 1. The molecule has 0 N–H and O–H groups in total. The second-order valence-electron chi connectivity index (χ2n) is 4.92. The zero-order chi connectivity index (χ0) is 11.5. The van der Waals surface area contributed by atoms with Crippen LogP contribution in [-0.2, 0) is 9.53 Å². The fourth-order valence-corrected chi connectivity index (χ4v) is 2.40. The van der Waals surface area contributed by atoms with Gasteiger partial charge in [0, 0.05) is 4.91 Å². The number of hydrogen-bond donors (Lipinski definition) is 0. The van der Waals surface area contributed by atoms with Gasteiger partial charge < -0.3 is 4.74 Å². The second kappa shape index (κ2) is 4.74. The average Bonchev–Trinajstić information content (AvgIpc) is 2.51. The fourth-order valence-electron chi connectivity index (χ4n) is 2.40. The summed E-state index contributed by atoms with van der Waals surface area (Å²) in [4.78, 5) is 14.2. The number of esters is 1. The summed E-state index contributed by atoms with van der Waals surface area (Å²) in [5, 5.41) is 3.80. The maximum Gasteiger partial charge on any atom is 0.309 e. The number of cyclic esters (lactones) is 1. The van der Waals surface area contributed by atoms with Crippen LogP contribution in [0.25, 0.3) is 10.4 Å². The lowest BCUT2D eigenvalue weighted by atomic mass is 9.79. The predicted molar refractivity (Wildman–Crippen MR) is 58.6 cm³/mol. The SMILES string of the molecule is C[C@@H]1CC(C(CC2CCC2)N=[N+]=[N-])OC1=O. The molecule has 5 heteroatoms. The van der Waals surface area contributed by atoms with Gasteiger partial charge in [0.05, 0.1) is 12.0 Å². The Balaban J connectivity index is 1.95. The van der Waals surface area contributed by atoms with E-state index in [1.54, 1.807) is 0 Å². The third-order valence-electron chi connectivity index (χ3n) is 3.68. The summed E-state index contributed by atoms with van der Waals surface area (Å²) in [5.74, 6) is 0.449. The Hall–Kier alpha value is -1.22. The first-order chi connectivity index (χ1) is 7.70. The fraction of sp³-hybridized carbons (Fsp3) is 0.909. The highest BCUT2D eigenvalue weighted by Gasteiger charge is 2.37. The largest absolute Gasteiger partial charge is 0.462 e. The Morgan fingerprint density at radius 3 is 2.81 bits per heavy atom. The molecule has 2 unspecified atom stereocenters. The van der Waals surface area contributed by atoms with E-state index in [2.05, 4.69) is 10.0 Å². The summed E-state index contributed by atoms with van der Waals surface area (Å²) in [6.45, 7) is 1.86. The van der Waals surface area contributed by atoms with Crippen LogP contribution in [0.2, 0.25) is 0 Å². The van der Waals surface area contributed by atoms with E-state index in [0.717, 1.165) is 6.42 Å². The van der Waals surface area contributed by atoms with Crippen LogP contribution in [0, 0.1) is 11.8 Å². The van der Waals surface area contributed by atoms with E-state index < -0.39 is 0 Å². The van der Waals surface area contributed by atoms with Gasteiger partial charge in [-0.2, -0.15) is 0 Å². The number of nitrogens with zero attached hydrogens (tertiary/aromatic N) is 3. The van der Waals surface area contributed by atoms with Crippen molar-refractivity contribution < 1.29 is 9.53 Å². The average molecular weight is 223 g/mol. The van der Waals surface area contributed by atoms with Crippen molar-refractivity contribution in [2.45, 2.75) is 51.2 Å². The molecule has 88 valence electrons. The van der Waals surface area contributed by atoms with E-state index >= 15 is 0 Å². The first-order valence-corrected chi connectivity index (χ1v) is 5.95. The summed E-state index contributed by atoms with van der Waals surface area (Å²) in [6.07, 6.45) is 5.07. The molecule has 5 nitrogen and oxygen atoms in total. The second-order valence-corrected chi connectivity index (χ2v) is 4.92. The number of rotatable bonds is 4. The minimum absolute atomic E-state index is 0.0530.